The van der Waals surface area contributed by atoms with E-state index in [0.717, 1.165) is 54.2 Å². The zero-order chi connectivity index (χ0) is 41.3. The second kappa shape index (κ2) is 18.2. The molecule has 0 bridgehead atoms. The van der Waals surface area contributed by atoms with Gasteiger partial charge in [0.1, 0.15) is 11.4 Å². The average molecular weight is 787 g/mol. The Morgan fingerprint density at radius 2 is 0.683 bits per heavy atom. The van der Waals surface area contributed by atoms with E-state index in [2.05, 4.69) is 33.4 Å². The minimum absolute atomic E-state index is 0.114. The van der Waals surface area contributed by atoms with Gasteiger partial charge in [-0.3, -0.25) is 19.2 Å². The Bertz CT molecular complexity index is 2650. The molecule has 0 fully saturated rings. The summed E-state index contributed by atoms with van der Waals surface area (Å²) in [4.78, 5) is 54.6. The van der Waals surface area contributed by atoms with Crippen molar-refractivity contribution in [2.24, 2.45) is 0 Å². The van der Waals surface area contributed by atoms with Crippen LogP contribution in [0.15, 0.2) is 181 Å². The summed E-state index contributed by atoms with van der Waals surface area (Å²) in [5, 5.41) is 19.6. The maximum absolute atomic E-state index is 13.9. The van der Waals surface area contributed by atoms with Crippen molar-refractivity contribution < 1.29 is 19.2 Å². The number of fused-ring (bicyclic) bond motifs is 4. The molecule has 8 aromatic carbocycles. The molecule has 0 aliphatic heterocycles. The maximum Gasteiger partial charge on any atom is 0.267 e. The smallest absolute Gasteiger partial charge is 0.267 e. The summed E-state index contributed by atoms with van der Waals surface area (Å²) in [6.07, 6.45) is 4.56. The van der Waals surface area contributed by atoms with Gasteiger partial charge in [-0.1, -0.05) is 133 Å². The highest BCUT2D eigenvalue weighted by molar-refractivity contribution is 6.13. The zero-order valence-corrected chi connectivity index (χ0v) is 32.8. The molecule has 0 heterocycles. The molecule has 4 N–H and O–H groups in total. The fourth-order valence-electron chi connectivity index (χ4n) is 7.43. The first-order valence-corrected chi connectivity index (χ1v) is 20.0. The van der Waals surface area contributed by atoms with Gasteiger partial charge in [-0.2, -0.15) is 0 Å². The van der Waals surface area contributed by atoms with Gasteiger partial charge in [0.25, 0.3) is 23.6 Å². The SMILES string of the molecule is O=C(NCCCCNC(=O)C(=Cc1c2ccccc2cc2ccccc12)NC(=O)c1ccccc1)C(=Cc1c2ccccc2cc2ccccc12)NC(=O)c1ccccc1. The van der Waals surface area contributed by atoms with Crippen LogP contribution < -0.4 is 21.3 Å². The molecule has 8 heteroatoms. The molecule has 0 radical (unpaired) electrons. The lowest BCUT2D eigenvalue weighted by Crippen LogP contribution is -2.36. The van der Waals surface area contributed by atoms with Gasteiger partial charge in [-0.25, -0.2) is 0 Å². The van der Waals surface area contributed by atoms with Crippen LogP contribution in [0.2, 0.25) is 0 Å². The Morgan fingerprint density at radius 1 is 0.383 bits per heavy atom. The first-order valence-electron chi connectivity index (χ1n) is 20.0. The van der Waals surface area contributed by atoms with Crippen molar-refractivity contribution >= 4 is 78.9 Å². The van der Waals surface area contributed by atoms with E-state index in [-0.39, 0.29) is 11.4 Å². The lowest BCUT2D eigenvalue weighted by atomic mass is 9.96. The van der Waals surface area contributed by atoms with Crippen LogP contribution in [0.25, 0.3) is 55.2 Å². The summed E-state index contributed by atoms with van der Waals surface area (Å²) < 4.78 is 0. The molecule has 8 nitrogen and oxygen atoms in total. The first kappa shape index (κ1) is 39.0. The van der Waals surface area contributed by atoms with Gasteiger partial charge in [-0.05, 0) is 116 Å². The van der Waals surface area contributed by atoms with Crippen molar-refractivity contribution in [1.29, 1.82) is 0 Å². The molecule has 0 aliphatic carbocycles. The van der Waals surface area contributed by atoms with Crippen molar-refractivity contribution in [3.8, 4) is 0 Å². The number of benzene rings is 8. The van der Waals surface area contributed by atoms with E-state index in [0.29, 0.717) is 37.1 Å². The molecule has 0 unspecified atom stereocenters. The van der Waals surface area contributed by atoms with Gasteiger partial charge in [0.2, 0.25) is 0 Å². The second-order valence-corrected chi connectivity index (χ2v) is 14.4. The molecule has 8 aromatic rings. The van der Waals surface area contributed by atoms with Crippen LogP contribution in [0.1, 0.15) is 44.7 Å². The van der Waals surface area contributed by atoms with Crippen LogP contribution >= 0.6 is 0 Å². The Labute approximate surface area is 347 Å². The van der Waals surface area contributed by atoms with Crippen molar-refractivity contribution in [3.63, 3.8) is 0 Å². The van der Waals surface area contributed by atoms with Crippen molar-refractivity contribution in [2.75, 3.05) is 13.1 Å². The van der Waals surface area contributed by atoms with Crippen molar-refractivity contribution in [2.45, 2.75) is 12.8 Å². The molecule has 0 aromatic heterocycles. The summed E-state index contributed by atoms with van der Waals surface area (Å²) in [5.41, 5.74) is 2.73. The van der Waals surface area contributed by atoms with Gasteiger partial charge in [0, 0.05) is 24.2 Å². The Kier molecular flexibility index (Phi) is 11.8. The molecule has 0 saturated carbocycles. The summed E-state index contributed by atoms with van der Waals surface area (Å²) in [7, 11) is 0. The van der Waals surface area contributed by atoms with E-state index in [9.17, 15) is 19.2 Å². The van der Waals surface area contributed by atoms with Gasteiger partial charge in [-0.15, -0.1) is 0 Å². The van der Waals surface area contributed by atoms with Gasteiger partial charge in [0.15, 0.2) is 0 Å². The summed E-state index contributed by atoms with van der Waals surface area (Å²) in [6.45, 7) is 0.581. The topological polar surface area (TPSA) is 116 Å². The molecule has 4 amide bonds. The highest BCUT2D eigenvalue weighted by atomic mass is 16.2. The highest BCUT2D eigenvalue weighted by Crippen LogP contribution is 2.31. The third-order valence-electron chi connectivity index (χ3n) is 10.4. The van der Waals surface area contributed by atoms with Crippen molar-refractivity contribution in [3.05, 3.63) is 204 Å². The van der Waals surface area contributed by atoms with Crippen LogP contribution in [-0.4, -0.2) is 36.7 Å². The van der Waals surface area contributed by atoms with Crippen LogP contribution in [0.3, 0.4) is 0 Å². The summed E-state index contributed by atoms with van der Waals surface area (Å²) >= 11 is 0. The Morgan fingerprint density at radius 3 is 1.02 bits per heavy atom. The molecule has 0 saturated heterocycles. The van der Waals surface area contributed by atoms with E-state index in [4.69, 9.17) is 0 Å². The normalized spacial score (nSPS) is 11.7. The van der Waals surface area contributed by atoms with Crippen LogP contribution in [0.5, 0.6) is 0 Å². The third-order valence-corrected chi connectivity index (χ3v) is 10.4. The van der Waals surface area contributed by atoms with Crippen LogP contribution in [-0.2, 0) is 9.59 Å². The van der Waals surface area contributed by atoms with E-state index in [1.54, 1.807) is 60.7 Å². The molecule has 8 rings (SSSR count). The van der Waals surface area contributed by atoms with E-state index in [1.165, 1.54) is 0 Å². The summed E-state index contributed by atoms with van der Waals surface area (Å²) in [6, 6.07) is 53.7. The lowest BCUT2D eigenvalue weighted by molar-refractivity contribution is -0.118. The fourth-order valence-corrected chi connectivity index (χ4v) is 7.43. The number of carbonyl (C=O) groups excluding carboxylic acids is 4. The minimum atomic E-state index is -0.434. The van der Waals surface area contributed by atoms with Crippen molar-refractivity contribution in [1.82, 2.24) is 21.3 Å². The quantitative estimate of drug-likeness (QED) is 0.0530. The molecule has 0 atom stereocenters. The number of carbonyl (C=O) groups is 4. The summed E-state index contributed by atoms with van der Waals surface area (Å²) in [5.74, 6) is -1.67. The minimum Gasteiger partial charge on any atom is -0.351 e. The number of nitrogens with one attached hydrogen (secondary N) is 4. The number of amides is 4. The molecule has 0 aliphatic rings. The highest BCUT2D eigenvalue weighted by Gasteiger charge is 2.18. The second-order valence-electron chi connectivity index (χ2n) is 14.4. The maximum atomic E-state index is 13.9. The largest absolute Gasteiger partial charge is 0.351 e. The van der Waals surface area contributed by atoms with Gasteiger partial charge in [0.05, 0.1) is 0 Å². The van der Waals surface area contributed by atoms with Gasteiger partial charge < -0.3 is 21.3 Å². The van der Waals surface area contributed by atoms with Crippen LogP contribution in [0.4, 0.5) is 0 Å². The number of unbranched alkanes of at least 4 members (excludes halogenated alkanes) is 1. The zero-order valence-electron chi connectivity index (χ0n) is 32.8. The standard InChI is InChI=1S/C52H42N4O4/c57-49(35-17-3-1-4-18-35)55-47(33-45-41-25-11-7-21-37(41)31-38-22-8-12-26-42(38)45)51(59)53-29-15-16-30-54-52(60)48(56-50(58)36-19-5-2-6-20-36)34-46-43-27-13-9-23-39(43)32-40-24-10-14-28-44(40)46/h1-14,17-28,31-34H,15-16,29-30H2,(H,53,59)(H,54,60)(H,55,57)(H,56,58). The van der Waals surface area contributed by atoms with E-state index >= 15 is 0 Å². The third kappa shape index (κ3) is 8.83. The molecule has 60 heavy (non-hydrogen) atoms. The average Bonchev–Trinajstić information content (AvgIpc) is 3.29. The number of hydrogen-bond donors (Lipinski definition) is 4. The molecule has 294 valence electrons. The van der Waals surface area contributed by atoms with Crippen LogP contribution in [0, 0.1) is 0 Å². The molecular formula is C52H42N4O4. The van der Waals surface area contributed by atoms with E-state index in [1.807, 2.05) is 109 Å². The Balaban J connectivity index is 0.986. The predicted molar refractivity (Wildman–Crippen MR) is 242 cm³/mol. The fraction of sp³-hybridized carbons (Fsp3) is 0.0769. The monoisotopic (exact) mass is 786 g/mol. The number of hydrogen-bond acceptors (Lipinski definition) is 4. The molecular weight excluding hydrogens is 745 g/mol. The Hall–Kier alpha value is -7.84. The predicted octanol–water partition coefficient (Wildman–Crippen LogP) is 9.55. The lowest BCUT2D eigenvalue weighted by Gasteiger charge is -2.14. The van der Waals surface area contributed by atoms with Gasteiger partial charge >= 0.3 is 0 Å². The van der Waals surface area contributed by atoms with E-state index < -0.39 is 23.6 Å². The molecule has 0 spiro atoms. The first-order chi connectivity index (χ1) is 29.4. The number of rotatable bonds is 13.